The van der Waals surface area contributed by atoms with Gasteiger partial charge in [-0.25, -0.2) is 0 Å². The summed E-state index contributed by atoms with van der Waals surface area (Å²) in [6, 6.07) is 9.62. The molecule has 0 saturated carbocycles. The van der Waals surface area contributed by atoms with Gasteiger partial charge >= 0.3 is 0 Å². The van der Waals surface area contributed by atoms with E-state index in [4.69, 9.17) is 0 Å². The van der Waals surface area contributed by atoms with Crippen LogP contribution >= 0.6 is 10.0 Å². The lowest BCUT2D eigenvalue weighted by molar-refractivity contribution is -0.143. The molecule has 2 heterocycles. The summed E-state index contributed by atoms with van der Waals surface area (Å²) >= 11 is 0. The summed E-state index contributed by atoms with van der Waals surface area (Å²) in [6.45, 7) is 7.97. The molecule has 0 bridgehead atoms. The quantitative estimate of drug-likeness (QED) is 0.824. The van der Waals surface area contributed by atoms with Crippen LogP contribution in [-0.2, 0) is 4.79 Å². The summed E-state index contributed by atoms with van der Waals surface area (Å²) in [5.74, 6) is -0.0844. The molecule has 2 aliphatic heterocycles. The maximum absolute atomic E-state index is 13.3. The summed E-state index contributed by atoms with van der Waals surface area (Å²) in [5, 5.41) is 13.2. The van der Waals surface area contributed by atoms with E-state index in [0.29, 0.717) is 6.42 Å². The number of nitrogens with one attached hydrogen (secondary N) is 1. The van der Waals surface area contributed by atoms with Gasteiger partial charge in [0.15, 0.2) is 0 Å². The third kappa shape index (κ3) is 2.12. The van der Waals surface area contributed by atoms with Gasteiger partial charge in [0.1, 0.15) is 0 Å². The fourth-order valence-corrected chi connectivity index (χ4v) is 8.25. The molecule has 24 heavy (non-hydrogen) atoms. The van der Waals surface area contributed by atoms with Crippen LogP contribution < -0.4 is 5.32 Å². The Morgan fingerprint density at radius 3 is 2.54 bits per heavy atom. The summed E-state index contributed by atoms with van der Waals surface area (Å²) in [5.41, 5.74) is 1.03. The van der Waals surface area contributed by atoms with Crippen molar-refractivity contribution in [2.45, 2.75) is 56.3 Å². The molecule has 1 unspecified atom stereocenters. The van der Waals surface area contributed by atoms with Crippen LogP contribution in [0.4, 0.5) is 4.79 Å². The van der Waals surface area contributed by atoms with E-state index in [-0.39, 0.29) is 34.5 Å². The highest BCUT2D eigenvalue weighted by Gasteiger charge is 2.68. The Balaban J connectivity index is 1.90. The molecule has 1 aromatic rings. The zero-order valence-corrected chi connectivity index (χ0v) is 15.5. The highest BCUT2D eigenvalue weighted by molar-refractivity contribution is 8.46. The molecule has 2 saturated heterocycles. The number of nitrogens with zero attached hydrogens (tertiary/aromatic N) is 1. The Morgan fingerprint density at radius 2 is 2.04 bits per heavy atom. The van der Waals surface area contributed by atoms with Crippen LogP contribution in [-0.4, -0.2) is 43.3 Å². The fourth-order valence-electron chi connectivity index (χ4n) is 3.97. The van der Waals surface area contributed by atoms with Crippen molar-refractivity contribution in [2.24, 2.45) is 0 Å². The smallest absolute Gasteiger partial charge is 0.266 e. The van der Waals surface area contributed by atoms with Crippen molar-refractivity contribution in [3.63, 3.8) is 0 Å². The van der Waals surface area contributed by atoms with E-state index in [1.54, 1.807) is 0 Å². The second-order valence-corrected chi connectivity index (χ2v) is 11.0. The molecule has 4 atom stereocenters. The van der Waals surface area contributed by atoms with Crippen molar-refractivity contribution < 1.29 is 14.7 Å². The van der Waals surface area contributed by atoms with Crippen LogP contribution in [0.25, 0.3) is 0 Å². The van der Waals surface area contributed by atoms with E-state index in [1.165, 1.54) is 0 Å². The predicted octanol–water partition coefficient (Wildman–Crippen LogP) is 2.95. The molecule has 2 N–H and O–H groups in total. The topological polar surface area (TPSA) is 69.6 Å². The van der Waals surface area contributed by atoms with Gasteiger partial charge in [0.2, 0.25) is 5.91 Å². The van der Waals surface area contributed by atoms with Gasteiger partial charge in [-0.2, -0.15) is 0 Å². The van der Waals surface area contributed by atoms with Gasteiger partial charge in [-0.05, 0) is 33.3 Å². The summed E-state index contributed by atoms with van der Waals surface area (Å²) < 4.78 is -0.418. The maximum atomic E-state index is 13.3. The third-order valence-electron chi connectivity index (χ3n) is 5.94. The first-order valence-corrected chi connectivity index (χ1v) is 10.2. The second-order valence-electron chi connectivity index (χ2n) is 7.23. The van der Waals surface area contributed by atoms with Crippen molar-refractivity contribution in [1.82, 2.24) is 10.2 Å². The minimum absolute atomic E-state index is 0.0383. The number of hydrogen-bond donors (Lipinski definition) is 2. The lowest BCUT2D eigenvalue weighted by Gasteiger charge is -2.49. The molecular weight excluding hydrogens is 324 g/mol. The lowest BCUT2D eigenvalue weighted by Crippen LogP contribution is -2.54. The number of aliphatic hydroxyl groups is 1. The van der Waals surface area contributed by atoms with Gasteiger partial charge in [0.25, 0.3) is 5.24 Å². The standard InChI is InChI=1S/C18H26N2O3S/c1-12(14-8-6-5-7-9-14)19-17(23)24(11-21)16-10-15(22)20(16)13(2)18(24,3)4/h5-9,12-13,16,21H,10-11H2,1-4H3,(H,19,23)/t12-,13+,16-/m1/s1. The number of carbonyl (C=O) groups is 2. The van der Waals surface area contributed by atoms with Gasteiger partial charge in [0.05, 0.1) is 23.8 Å². The molecule has 5 nitrogen and oxygen atoms in total. The van der Waals surface area contributed by atoms with E-state index in [1.807, 2.05) is 62.9 Å². The summed E-state index contributed by atoms with van der Waals surface area (Å²) in [6.07, 6.45) is 0.372. The lowest BCUT2D eigenvalue weighted by atomic mass is 10.0. The van der Waals surface area contributed by atoms with Gasteiger partial charge in [0, 0.05) is 10.8 Å². The number of β-lactam (4-membered cyclic amide) rings is 1. The number of aliphatic hydroxyl groups excluding tert-OH is 1. The fraction of sp³-hybridized carbons (Fsp3) is 0.556. The van der Waals surface area contributed by atoms with Crippen molar-refractivity contribution in [3.8, 4) is 0 Å². The Hall–Kier alpha value is -1.53. The van der Waals surface area contributed by atoms with E-state index in [0.717, 1.165) is 5.56 Å². The first-order valence-electron chi connectivity index (χ1n) is 8.34. The SMILES string of the molecule is C[C@@H]1N2C(=O)C[C@H]2S(CO)(C(=O)N[C@H](C)c2ccccc2)C1(C)C. The number of carbonyl (C=O) groups excluding carboxylic acids is 2. The molecular formula is C18H26N2O3S. The van der Waals surface area contributed by atoms with Crippen LogP contribution in [0.3, 0.4) is 0 Å². The summed E-state index contributed by atoms with van der Waals surface area (Å²) in [4.78, 5) is 27.1. The number of amides is 2. The molecule has 3 rings (SSSR count). The van der Waals surface area contributed by atoms with Crippen LogP contribution in [0.15, 0.2) is 30.3 Å². The van der Waals surface area contributed by atoms with E-state index >= 15 is 0 Å². The number of benzene rings is 1. The monoisotopic (exact) mass is 350 g/mol. The molecule has 0 aromatic heterocycles. The number of fused-ring (bicyclic) bond motifs is 1. The normalized spacial score (nSPS) is 34.7. The van der Waals surface area contributed by atoms with Gasteiger partial charge in [-0.3, -0.25) is 9.59 Å². The zero-order chi connectivity index (χ0) is 17.7. The van der Waals surface area contributed by atoms with Gasteiger partial charge in [-0.1, -0.05) is 30.3 Å². The molecule has 2 aliphatic rings. The molecule has 6 heteroatoms. The van der Waals surface area contributed by atoms with Crippen LogP contribution in [0.5, 0.6) is 0 Å². The van der Waals surface area contributed by atoms with Crippen LogP contribution in [0.2, 0.25) is 0 Å². The molecule has 2 fully saturated rings. The molecule has 0 spiro atoms. The van der Waals surface area contributed by atoms with Crippen LogP contribution in [0.1, 0.15) is 45.7 Å². The first-order chi connectivity index (χ1) is 11.3. The minimum atomic E-state index is -2.07. The molecule has 0 aliphatic carbocycles. The van der Waals surface area contributed by atoms with Crippen LogP contribution in [0, 0.1) is 0 Å². The average molecular weight is 350 g/mol. The minimum Gasteiger partial charge on any atom is -0.387 e. The van der Waals surface area contributed by atoms with Crippen molar-refractivity contribution in [3.05, 3.63) is 35.9 Å². The Kier molecular flexibility index (Phi) is 4.16. The highest BCUT2D eigenvalue weighted by Crippen LogP contribution is 2.73. The van der Waals surface area contributed by atoms with Gasteiger partial charge in [-0.15, -0.1) is 10.0 Å². The van der Waals surface area contributed by atoms with Crippen molar-refractivity contribution in [2.75, 3.05) is 5.94 Å². The molecule has 2 amide bonds. The van der Waals surface area contributed by atoms with E-state index in [2.05, 4.69) is 5.32 Å². The highest BCUT2D eigenvalue weighted by atomic mass is 32.3. The zero-order valence-electron chi connectivity index (χ0n) is 14.7. The van der Waals surface area contributed by atoms with Crippen molar-refractivity contribution in [1.29, 1.82) is 0 Å². The number of hydrogen-bond acceptors (Lipinski definition) is 3. The van der Waals surface area contributed by atoms with Crippen molar-refractivity contribution >= 4 is 21.2 Å². The maximum Gasteiger partial charge on any atom is 0.266 e. The second kappa shape index (κ2) is 5.77. The number of rotatable bonds is 3. The van der Waals surface area contributed by atoms with Gasteiger partial charge < -0.3 is 15.3 Å². The molecule has 0 radical (unpaired) electrons. The first kappa shape index (κ1) is 17.3. The Bertz CT molecular complexity index is 663. The summed E-state index contributed by atoms with van der Waals surface area (Å²) in [7, 11) is -2.07. The largest absolute Gasteiger partial charge is 0.387 e. The Labute approximate surface area is 144 Å². The average Bonchev–Trinajstić information content (AvgIpc) is 2.68. The molecule has 132 valence electrons. The third-order valence-corrected chi connectivity index (χ3v) is 10.7. The molecule has 1 aromatic carbocycles. The Morgan fingerprint density at radius 1 is 1.42 bits per heavy atom. The predicted molar refractivity (Wildman–Crippen MR) is 96.9 cm³/mol. The van der Waals surface area contributed by atoms with E-state index in [9.17, 15) is 14.7 Å². The van der Waals surface area contributed by atoms with E-state index < -0.39 is 14.8 Å².